The first-order chi connectivity index (χ1) is 9.45. The number of amides is 1. The highest BCUT2D eigenvalue weighted by Gasteiger charge is 2.27. The van der Waals surface area contributed by atoms with E-state index in [2.05, 4.69) is 10.5 Å². The van der Waals surface area contributed by atoms with Crippen LogP contribution in [-0.4, -0.2) is 23.0 Å². The summed E-state index contributed by atoms with van der Waals surface area (Å²) in [4.78, 5) is 12.2. The van der Waals surface area contributed by atoms with Gasteiger partial charge < -0.3 is 16.3 Å². The molecule has 0 aromatic heterocycles. The lowest BCUT2D eigenvalue weighted by Gasteiger charge is -2.22. The molecule has 0 bridgehead atoms. The molecule has 0 saturated carbocycles. The summed E-state index contributed by atoms with van der Waals surface area (Å²) < 4.78 is 0. The van der Waals surface area contributed by atoms with E-state index in [9.17, 15) is 4.79 Å². The van der Waals surface area contributed by atoms with Crippen molar-refractivity contribution in [3.63, 3.8) is 0 Å². The van der Waals surface area contributed by atoms with Gasteiger partial charge in [0.05, 0.1) is 0 Å². The zero-order chi connectivity index (χ0) is 15.1. The van der Waals surface area contributed by atoms with Crippen molar-refractivity contribution in [3.8, 4) is 0 Å². The lowest BCUT2D eigenvalue weighted by atomic mass is 9.93. The zero-order valence-corrected chi connectivity index (χ0v) is 12.2. The van der Waals surface area contributed by atoms with Gasteiger partial charge in [-0.2, -0.15) is 0 Å². The summed E-state index contributed by atoms with van der Waals surface area (Å²) in [5, 5.41) is 14.6. The molecule has 0 aliphatic carbocycles. The van der Waals surface area contributed by atoms with E-state index >= 15 is 0 Å². The van der Waals surface area contributed by atoms with Crippen molar-refractivity contribution in [1.82, 2.24) is 5.32 Å². The van der Waals surface area contributed by atoms with Gasteiger partial charge in [-0.1, -0.05) is 49.3 Å². The van der Waals surface area contributed by atoms with Crippen molar-refractivity contribution in [2.24, 2.45) is 22.7 Å². The fourth-order valence-electron chi connectivity index (χ4n) is 2.19. The number of amidine groups is 1. The van der Waals surface area contributed by atoms with E-state index in [0.29, 0.717) is 0 Å². The maximum atomic E-state index is 12.2. The van der Waals surface area contributed by atoms with Crippen LogP contribution in [-0.2, 0) is 11.2 Å². The van der Waals surface area contributed by atoms with Gasteiger partial charge in [0.2, 0.25) is 5.91 Å². The number of nitrogens with one attached hydrogen (secondary N) is 1. The summed E-state index contributed by atoms with van der Waals surface area (Å²) in [5.41, 5.74) is 6.74. The van der Waals surface area contributed by atoms with E-state index in [1.165, 1.54) is 0 Å². The lowest BCUT2D eigenvalue weighted by molar-refractivity contribution is -0.124. The SMILES string of the molecule is CC(Cc1ccccc1)NC(=O)C(C(N)=NO)C(C)C. The summed E-state index contributed by atoms with van der Waals surface area (Å²) in [6, 6.07) is 9.92. The fraction of sp³-hybridized carbons (Fsp3) is 0.467. The van der Waals surface area contributed by atoms with Gasteiger partial charge >= 0.3 is 0 Å². The highest BCUT2D eigenvalue weighted by Crippen LogP contribution is 2.12. The Morgan fingerprint density at radius 3 is 2.40 bits per heavy atom. The number of carbonyl (C=O) groups excluding carboxylic acids is 1. The maximum Gasteiger partial charge on any atom is 0.231 e. The molecular weight excluding hydrogens is 254 g/mol. The molecule has 0 heterocycles. The van der Waals surface area contributed by atoms with Crippen molar-refractivity contribution in [2.45, 2.75) is 33.2 Å². The van der Waals surface area contributed by atoms with Gasteiger partial charge in [0.25, 0.3) is 0 Å². The largest absolute Gasteiger partial charge is 0.409 e. The molecule has 2 atom stereocenters. The predicted octanol–water partition coefficient (Wildman–Crippen LogP) is 1.75. The second-order valence-electron chi connectivity index (χ2n) is 5.35. The first-order valence-electron chi connectivity index (χ1n) is 6.77. The van der Waals surface area contributed by atoms with E-state index in [4.69, 9.17) is 10.9 Å². The summed E-state index contributed by atoms with van der Waals surface area (Å²) in [6.07, 6.45) is 0.744. The molecule has 0 aliphatic rings. The lowest BCUT2D eigenvalue weighted by Crippen LogP contribution is -2.45. The van der Waals surface area contributed by atoms with Crippen molar-refractivity contribution in [3.05, 3.63) is 35.9 Å². The predicted molar refractivity (Wildman–Crippen MR) is 79.5 cm³/mol. The summed E-state index contributed by atoms with van der Waals surface area (Å²) in [5.74, 6) is -0.906. The first kappa shape index (κ1) is 16.0. The molecule has 1 aromatic carbocycles. The third-order valence-corrected chi connectivity index (χ3v) is 3.16. The molecule has 5 heteroatoms. The number of hydrogen-bond acceptors (Lipinski definition) is 3. The number of benzene rings is 1. The number of carbonyl (C=O) groups is 1. The molecule has 2 unspecified atom stereocenters. The van der Waals surface area contributed by atoms with Gasteiger partial charge in [0.15, 0.2) is 5.84 Å². The summed E-state index contributed by atoms with van der Waals surface area (Å²) >= 11 is 0. The quantitative estimate of drug-likeness (QED) is 0.320. The minimum absolute atomic E-state index is 0.0161. The minimum atomic E-state index is -0.613. The number of oxime groups is 1. The zero-order valence-electron chi connectivity index (χ0n) is 12.2. The molecular formula is C15H23N3O2. The highest BCUT2D eigenvalue weighted by atomic mass is 16.4. The Morgan fingerprint density at radius 1 is 1.30 bits per heavy atom. The monoisotopic (exact) mass is 277 g/mol. The number of rotatable bonds is 6. The van der Waals surface area contributed by atoms with Crippen LogP contribution in [0.5, 0.6) is 0 Å². The van der Waals surface area contributed by atoms with Crippen LogP contribution in [0, 0.1) is 11.8 Å². The molecule has 1 amide bonds. The molecule has 0 radical (unpaired) electrons. The Labute approximate surface area is 119 Å². The average molecular weight is 277 g/mol. The van der Waals surface area contributed by atoms with Crippen molar-refractivity contribution in [2.75, 3.05) is 0 Å². The summed E-state index contributed by atoms with van der Waals surface area (Å²) in [6.45, 7) is 5.67. The van der Waals surface area contributed by atoms with Crippen molar-refractivity contribution < 1.29 is 10.0 Å². The Kier molecular flexibility index (Phi) is 6.03. The molecule has 110 valence electrons. The van der Waals surface area contributed by atoms with Gasteiger partial charge in [0, 0.05) is 6.04 Å². The van der Waals surface area contributed by atoms with Crippen LogP contribution in [0.1, 0.15) is 26.3 Å². The molecule has 0 aliphatic heterocycles. The van der Waals surface area contributed by atoms with Crippen molar-refractivity contribution in [1.29, 1.82) is 0 Å². The number of hydrogen-bond donors (Lipinski definition) is 3. The van der Waals surface area contributed by atoms with Gasteiger partial charge in [-0.25, -0.2) is 0 Å². The van der Waals surface area contributed by atoms with E-state index in [1.54, 1.807) is 0 Å². The Bertz CT molecular complexity index is 457. The third kappa shape index (κ3) is 4.57. The molecule has 5 nitrogen and oxygen atoms in total. The van der Waals surface area contributed by atoms with Gasteiger partial charge in [-0.3, -0.25) is 4.79 Å². The smallest absolute Gasteiger partial charge is 0.231 e. The minimum Gasteiger partial charge on any atom is -0.409 e. The molecule has 0 saturated heterocycles. The van der Waals surface area contributed by atoms with Gasteiger partial charge in [-0.15, -0.1) is 0 Å². The van der Waals surface area contributed by atoms with E-state index in [1.807, 2.05) is 51.1 Å². The topological polar surface area (TPSA) is 87.7 Å². The third-order valence-electron chi connectivity index (χ3n) is 3.16. The molecule has 1 rings (SSSR count). The molecule has 1 aromatic rings. The average Bonchev–Trinajstić information content (AvgIpc) is 2.38. The van der Waals surface area contributed by atoms with E-state index < -0.39 is 5.92 Å². The molecule has 0 spiro atoms. The second kappa shape index (κ2) is 7.53. The van der Waals surface area contributed by atoms with Crippen LogP contribution >= 0.6 is 0 Å². The van der Waals surface area contributed by atoms with Gasteiger partial charge in [-0.05, 0) is 24.8 Å². The van der Waals surface area contributed by atoms with Crippen LogP contribution in [0.25, 0.3) is 0 Å². The summed E-state index contributed by atoms with van der Waals surface area (Å²) in [7, 11) is 0. The fourth-order valence-corrected chi connectivity index (χ4v) is 2.19. The number of nitrogens with zero attached hydrogens (tertiary/aromatic N) is 1. The van der Waals surface area contributed by atoms with Crippen molar-refractivity contribution >= 4 is 11.7 Å². The number of nitrogens with two attached hydrogens (primary N) is 1. The van der Waals surface area contributed by atoms with Gasteiger partial charge in [0.1, 0.15) is 5.92 Å². The molecule has 4 N–H and O–H groups in total. The van der Waals surface area contributed by atoms with E-state index in [0.717, 1.165) is 12.0 Å². The highest BCUT2D eigenvalue weighted by molar-refractivity contribution is 6.02. The maximum absolute atomic E-state index is 12.2. The van der Waals surface area contributed by atoms with Crippen LogP contribution < -0.4 is 11.1 Å². The molecule has 20 heavy (non-hydrogen) atoms. The second-order valence-corrected chi connectivity index (χ2v) is 5.35. The van der Waals surface area contributed by atoms with Crippen LogP contribution in [0.2, 0.25) is 0 Å². The standard InChI is InChI=1S/C15H23N3O2/c1-10(2)13(14(16)18-20)15(19)17-11(3)9-12-7-5-4-6-8-12/h4-8,10-11,13,20H,9H2,1-3H3,(H2,16,18)(H,17,19). The molecule has 0 fully saturated rings. The van der Waals surface area contributed by atoms with Crippen LogP contribution in [0.15, 0.2) is 35.5 Å². The van der Waals surface area contributed by atoms with E-state index in [-0.39, 0.29) is 23.7 Å². The Balaban J connectivity index is 2.64. The first-order valence-corrected chi connectivity index (χ1v) is 6.77. The van der Waals surface area contributed by atoms with Crippen LogP contribution in [0.4, 0.5) is 0 Å². The Hall–Kier alpha value is -2.04. The van der Waals surface area contributed by atoms with Crippen LogP contribution in [0.3, 0.4) is 0 Å². The Morgan fingerprint density at radius 2 is 1.90 bits per heavy atom. The normalized spacial score (nSPS) is 14.9.